The van der Waals surface area contributed by atoms with Gasteiger partial charge >= 0.3 is 6.09 Å². The van der Waals surface area contributed by atoms with Crippen molar-refractivity contribution in [3.8, 4) is 0 Å². The number of nitrogens with one attached hydrogen (secondary N) is 1. The number of hydrogen-bond acceptors (Lipinski definition) is 4. The number of nitrogens with zero attached hydrogens (tertiary/aromatic N) is 1. The van der Waals surface area contributed by atoms with E-state index in [1.165, 1.54) is 12.0 Å². The van der Waals surface area contributed by atoms with Gasteiger partial charge in [0.05, 0.1) is 26.4 Å². The second-order valence-corrected chi connectivity index (χ2v) is 6.27. The molecule has 1 amide bonds. The molecular weight excluding hydrogens is 296 g/mol. The van der Waals surface area contributed by atoms with Crippen LogP contribution < -0.4 is 0 Å². The Labute approximate surface area is 135 Å². The van der Waals surface area contributed by atoms with Crippen LogP contribution in [0, 0.1) is 0 Å². The number of ether oxygens (including phenoxy) is 1. The topological polar surface area (TPSA) is 85.8 Å². The van der Waals surface area contributed by atoms with E-state index in [1.54, 1.807) is 0 Å². The van der Waals surface area contributed by atoms with Crippen LogP contribution >= 0.6 is 0 Å². The third kappa shape index (κ3) is 3.83. The number of methoxy groups -OCH3 is 1. The number of rotatable bonds is 6. The highest BCUT2D eigenvalue weighted by Crippen LogP contribution is 2.26. The number of amides is 1. The van der Waals surface area contributed by atoms with Gasteiger partial charge in [-0.25, -0.2) is 4.79 Å². The van der Waals surface area contributed by atoms with Crippen LogP contribution in [0.1, 0.15) is 19.4 Å². The summed E-state index contributed by atoms with van der Waals surface area (Å²) in [4.78, 5) is 16.8. The van der Waals surface area contributed by atoms with Gasteiger partial charge in [0.2, 0.25) is 0 Å². The van der Waals surface area contributed by atoms with Crippen LogP contribution in [0.5, 0.6) is 0 Å². The molecule has 1 atom stereocenters. The number of H-pyrrole nitrogens is 1. The molecule has 1 unspecified atom stereocenters. The van der Waals surface area contributed by atoms with Gasteiger partial charge in [0.25, 0.3) is 0 Å². The SMILES string of the molecule is COC(=O)N(CC(O)CO)C(C)(C)Cc1c[nH]c2ccccc12. The third-order valence-corrected chi connectivity index (χ3v) is 4.03. The molecule has 0 saturated carbocycles. The van der Waals surface area contributed by atoms with Crippen molar-refractivity contribution < 1.29 is 19.7 Å². The van der Waals surface area contributed by atoms with E-state index in [9.17, 15) is 9.90 Å². The zero-order chi connectivity index (χ0) is 17.0. The first-order chi connectivity index (χ1) is 10.9. The molecule has 6 nitrogen and oxygen atoms in total. The van der Waals surface area contributed by atoms with E-state index in [4.69, 9.17) is 9.84 Å². The summed E-state index contributed by atoms with van der Waals surface area (Å²) in [6.07, 6.45) is 0.993. The Bertz CT molecular complexity index is 665. The minimum absolute atomic E-state index is 0.0124. The Kier molecular flexibility index (Phi) is 5.28. The molecule has 0 bridgehead atoms. The Morgan fingerprint density at radius 3 is 2.74 bits per heavy atom. The molecule has 2 aromatic rings. The van der Waals surface area contributed by atoms with E-state index in [1.807, 2.05) is 44.3 Å². The predicted octanol–water partition coefficient (Wildman–Crippen LogP) is 1.91. The molecule has 0 aliphatic carbocycles. The number of aromatic nitrogens is 1. The number of aliphatic hydroxyl groups is 2. The summed E-state index contributed by atoms with van der Waals surface area (Å²) < 4.78 is 4.84. The van der Waals surface area contributed by atoms with Crippen LogP contribution in [0.25, 0.3) is 10.9 Å². The summed E-state index contributed by atoms with van der Waals surface area (Å²) in [5.41, 5.74) is 1.53. The van der Waals surface area contributed by atoms with Crippen LogP contribution in [-0.2, 0) is 11.2 Å². The molecule has 0 aliphatic heterocycles. The zero-order valence-corrected chi connectivity index (χ0v) is 13.7. The number of β-amino-alcohol motifs (C(OH)–C–C–N with tert-alkyl or cyclic N) is 1. The Morgan fingerprint density at radius 2 is 2.09 bits per heavy atom. The molecule has 0 radical (unpaired) electrons. The summed E-state index contributed by atoms with van der Waals surface area (Å²) in [5.74, 6) is 0. The van der Waals surface area contributed by atoms with Crippen molar-refractivity contribution in [3.63, 3.8) is 0 Å². The fourth-order valence-electron chi connectivity index (χ4n) is 2.79. The molecule has 1 aromatic carbocycles. The van der Waals surface area contributed by atoms with Crippen molar-refractivity contribution in [2.45, 2.75) is 31.9 Å². The molecule has 126 valence electrons. The van der Waals surface area contributed by atoms with Crippen molar-refractivity contribution in [1.82, 2.24) is 9.88 Å². The largest absolute Gasteiger partial charge is 0.453 e. The molecule has 6 heteroatoms. The van der Waals surface area contributed by atoms with Crippen LogP contribution in [0.3, 0.4) is 0 Å². The molecule has 0 spiro atoms. The van der Waals surface area contributed by atoms with Gasteiger partial charge in [-0.3, -0.25) is 0 Å². The van der Waals surface area contributed by atoms with Gasteiger partial charge in [0.15, 0.2) is 0 Å². The highest BCUT2D eigenvalue weighted by molar-refractivity contribution is 5.83. The monoisotopic (exact) mass is 320 g/mol. The van der Waals surface area contributed by atoms with E-state index in [-0.39, 0.29) is 6.54 Å². The third-order valence-electron chi connectivity index (χ3n) is 4.03. The van der Waals surface area contributed by atoms with Crippen molar-refractivity contribution in [3.05, 3.63) is 36.0 Å². The summed E-state index contributed by atoms with van der Waals surface area (Å²) in [7, 11) is 1.31. The van der Waals surface area contributed by atoms with Gasteiger partial charge in [0, 0.05) is 22.6 Å². The molecule has 23 heavy (non-hydrogen) atoms. The molecule has 3 N–H and O–H groups in total. The molecular formula is C17H24N2O4. The second-order valence-electron chi connectivity index (χ2n) is 6.27. The maximum atomic E-state index is 12.1. The fourth-order valence-corrected chi connectivity index (χ4v) is 2.79. The number of para-hydroxylation sites is 1. The summed E-state index contributed by atoms with van der Waals surface area (Å²) in [6.45, 7) is 3.43. The van der Waals surface area contributed by atoms with Crippen molar-refractivity contribution >= 4 is 17.0 Å². The molecule has 1 aromatic heterocycles. The highest BCUT2D eigenvalue weighted by Gasteiger charge is 2.33. The summed E-state index contributed by atoms with van der Waals surface area (Å²) >= 11 is 0. The lowest BCUT2D eigenvalue weighted by molar-refractivity contribution is 0.0198. The molecule has 2 rings (SSSR count). The molecule has 0 saturated heterocycles. The standard InChI is InChI=1S/C17H24N2O4/c1-17(2,19(16(22)23-3)10-13(21)11-20)8-12-9-18-15-7-5-4-6-14(12)15/h4-7,9,13,18,20-21H,8,10-11H2,1-3H3. The first-order valence-electron chi connectivity index (χ1n) is 7.58. The highest BCUT2D eigenvalue weighted by atomic mass is 16.5. The van der Waals surface area contributed by atoms with Crippen molar-refractivity contribution in [2.75, 3.05) is 20.3 Å². The van der Waals surface area contributed by atoms with Gasteiger partial charge in [-0.15, -0.1) is 0 Å². The molecule has 0 aliphatic rings. The Balaban J connectivity index is 2.27. The maximum Gasteiger partial charge on any atom is 0.410 e. The van der Waals surface area contributed by atoms with Crippen LogP contribution in [0.15, 0.2) is 30.5 Å². The van der Waals surface area contributed by atoms with E-state index in [0.717, 1.165) is 16.5 Å². The number of carbonyl (C=O) groups excluding carboxylic acids is 1. The number of hydrogen-bond donors (Lipinski definition) is 3. The second kappa shape index (κ2) is 7.02. The van der Waals surface area contributed by atoms with Gasteiger partial charge < -0.3 is 24.8 Å². The average molecular weight is 320 g/mol. The summed E-state index contributed by atoms with van der Waals surface area (Å²) in [5, 5.41) is 19.9. The first-order valence-corrected chi connectivity index (χ1v) is 7.58. The molecule has 1 heterocycles. The van der Waals surface area contributed by atoms with Gasteiger partial charge in [-0.1, -0.05) is 18.2 Å². The normalized spacial score (nSPS) is 13.1. The minimum atomic E-state index is -1.00. The number of fused-ring (bicyclic) bond motifs is 1. The molecule has 0 fully saturated rings. The summed E-state index contributed by atoms with van der Waals surface area (Å²) in [6, 6.07) is 7.97. The van der Waals surface area contributed by atoms with Crippen LogP contribution in [0.2, 0.25) is 0 Å². The fraction of sp³-hybridized carbons (Fsp3) is 0.471. The maximum absolute atomic E-state index is 12.1. The number of carbonyl (C=O) groups is 1. The smallest absolute Gasteiger partial charge is 0.410 e. The van der Waals surface area contributed by atoms with Gasteiger partial charge in [-0.2, -0.15) is 0 Å². The van der Waals surface area contributed by atoms with Gasteiger partial charge in [-0.05, 0) is 31.9 Å². The number of benzene rings is 1. The van der Waals surface area contributed by atoms with Crippen LogP contribution in [0.4, 0.5) is 4.79 Å². The average Bonchev–Trinajstić information content (AvgIpc) is 2.94. The number of aliphatic hydroxyl groups excluding tert-OH is 2. The number of aromatic amines is 1. The van der Waals surface area contributed by atoms with Crippen molar-refractivity contribution in [2.24, 2.45) is 0 Å². The quantitative estimate of drug-likeness (QED) is 0.759. The van der Waals surface area contributed by atoms with Crippen molar-refractivity contribution in [1.29, 1.82) is 0 Å². The lowest BCUT2D eigenvalue weighted by atomic mass is 9.92. The predicted molar refractivity (Wildman–Crippen MR) is 88.3 cm³/mol. The lowest BCUT2D eigenvalue weighted by Crippen LogP contribution is -2.52. The van der Waals surface area contributed by atoms with E-state index >= 15 is 0 Å². The van der Waals surface area contributed by atoms with Gasteiger partial charge in [0.1, 0.15) is 0 Å². The van der Waals surface area contributed by atoms with E-state index in [2.05, 4.69) is 4.98 Å². The Morgan fingerprint density at radius 1 is 1.39 bits per heavy atom. The zero-order valence-electron chi connectivity index (χ0n) is 13.7. The first kappa shape index (κ1) is 17.3. The minimum Gasteiger partial charge on any atom is -0.453 e. The lowest BCUT2D eigenvalue weighted by Gasteiger charge is -2.38. The van der Waals surface area contributed by atoms with E-state index < -0.39 is 24.3 Å². The Hall–Kier alpha value is -2.05. The van der Waals surface area contributed by atoms with E-state index in [0.29, 0.717) is 6.42 Å². The van der Waals surface area contributed by atoms with Crippen LogP contribution in [-0.4, -0.2) is 58.1 Å².